The largest absolute Gasteiger partial charge is 0.556 e. The highest BCUT2D eigenvalue weighted by Gasteiger charge is 2.51. The lowest BCUT2D eigenvalue weighted by atomic mass is 9.97. The summed E-state index contributed by atoms with van der Waals surface area (Å²) in [5.74, 6) is 0. The standard InChI is InChI=1S/C12H22O14S/c13-1-3-5(14)7(16)8(17)12(25-3)26-10-6(15)4(2-23-27(20,21)22)24-11(19)9(10)18/h3-19H,1-2H2,(H-,20,21,22)/p+1/t3-,4-,5+,6+,7+,8-,9-,10+,11-,12+/m1/s1. The van der Waals surface area contributed by atoms with Gasteiger partial charge in [-0.25, -0.2) is 9.11 Å². The van der Waals surface area contributed by atoms with E-state index in [1.54, 1.807) is 0 Å². The van der Waals surface area contributed by atoms with Crippen LogP contribution in [0.4, 0.5) is 0 Å². The third kappa shape index (κ3) is 5.30. The Bertz CT molecular complexity index is 597. The van der Waals surface area contributed by atoms with E-state index in [0.29, 0.717) is 0 Å². The van der Waals surface area contributed by atoms with E-state index in [9.17, 15) is 34.8 Å². The van der Waals surface area contributed by atoms with Crippen LogP contribution in [0.2, 0.25) is 0 Å². The molecule has 14 nitrogen and oxygen atoms in total. The van der Waals surface area contributed by atoms with Crippen molar-refractivity contribution in [2.45, 2.75) is 61.4 Å². The van der Waals surface area contributed by atoms with E-state index in [1.807, 2.05) is 0 Å². The zero-order valence-corrected chi connectivity index (χ0v) is 14.5. The third-order valence-electron chi connectivity index (χ3n) is 4.19. The molecule has 9 N–H and O–H groups in total. The zero-order valence-electron chi connectivity index (χ0n) is 13.7. The van der Waals surface area contributed by atoms with Crippen molar-refractivity contribution < 1.29 is 67.1 Å². The third-order valence-corrected chi connectivity index (χ3v) is 4.63. The van der Waals surface area contributed by atoms with Crippen LogP contribution in [0.1, 0.15) is 0 Å². The quantitative estimate of drug-likeness (QED) is 0.148. The van der Waals surface area contributed by atoms with Gasteiger partial charge in [-0.05, 0) is 0 Å². The minimum atomic E-state index is -4.63. The van der Waals surface area contributed by atoms with Gasteiger partial charge in [-0.3, -0.25) is 0 Å². The number of hydrogen-bond acceptors (Lipinski definition) is 11. The summed E-state index contributed by atoms with van der Waals surface area (Å²) in [6, 6.07) is 0. The molecule has 15 heteroatoms. The van der Waals surface area contributed by atoms with Crippen LogP contribution in [-0.4, -0.2) is 124 Å². The Labute approximate surface area is 153 Å². The highest BCUT2D eigenvalue weighted by molar-refractivity contribution is 7.80. The molecule has 2 heterocycles. The number of ether oxygens (including phenoxy) is 3. The van der Waals surface area contributed by atoms with Crippen molar-refractivity contribution in [2.24, 2.45) is 0 Å². The molecule has 0 spiro atoms. The van der Waals surface area contributed by atoms with Crippen LogP contribution in [0.5, 0.6) is 0 Å². The summed E-state index contributed by atoms with van der Waals surface area (Å²) >= 11 is 0. The summed E-state index contributed by atoms with van der Waals surface area (Å²) in [6.45, 7) is -1.63. The van der Waals surface area contributed by atoms with Crippen LogP contribution >= 0.6 is 0 Å². The molecule has 0 aliphatic carbocycles. The van der Waals surface area contributed by atoms with Crippen molar-refractivity contribution in [1.82, 2.24) is 0 Å². The highest BCUT2D eigenvalue weighted by Crippen LogP contribution is 2.28. The van der Waals surface area contributed by atoms with E-state index in [4.69, 9.17) is 28.4 Å². The zero-order chi connectivity index (χ0) is 20.5. The first kappa shape index (κ1) is 22.8. The first-order chi connectivity index (χ1) is 12.5. The molecule has 2 fully saturated rings. The first-order valence-electron chi connectivity index (χ1n) is 7.75. The van der Waals surface area contributed by atoms with E-state index in [0.717, 1.165) is 0 Å². The molecule has 0 bridgehead atoms. The second kappa shape index (κ2) is 8.87. The van der Waals surface area contributed by atoms with Crippen LogP contribution in [0.25, 0.3) is 0 Å². The predicted molar refractivity (Wildman–Crippen MR) is 80.5 cm³/mol. The van der Waals surface area contributed by atoms with E-state index in [2.05, 4.69) is 3.84 Å². The number of aliphatic hydroxyl groups is 7. The van der Waals surface area contributed by atoms with Crippen LogP contribution in [0.3, 0.4) is 0 Å². The summed E-state index contributed by atoms with van der Waals surface area (Å²) < 4.78 is 47.4. The maximum absolute atomic E-state index is 10.7. The second-order valence-corrected chi connectivity index (χ2v) is 7.21. The molecule has 0 aromatic rings. The van der Waals surface area contributed by atoms with Gasteiger partial charge in [-0.15, -0.1) is 4.21 Å². The Morgan fingerprint density at radius 3 is 2.04 bits per heavy atom. The first-order valence-corrected chi connectivity index (χ1v) is 9.15. The van der Waals surface area contributed by atoms with Gasteiger partial charge in [0, 0.05) is 0 Å². The maximum atomic E-state index is 10.7. The lowest BCUT2D eigenvalue weighted by Gasteiger charge is -2.44. The Hall–Kier alpha value is -0.530. The topological polar surface area (TPSA) is 238 Å². The summed E-state index contributed by atoms with van der Waals surface area (Å²) in [5, 5.41) is 68.4. The molecule has 160 valence electrons. The van der Waals surface area contributed by atoms with Crippen LogP contribution in [-0.2, 0) is 28.4 Å². The van der Waals surface area contributed by atoms with Gasteiger partial charge in [0.15, 0.2) is 18.7 Å². The average Bonchev–Trinajstić information content (AvgIpc) is 2.59. The van der Waals surface area contributed by atoms with Crippen molar-refractivity contribution in [3.63, 3.8) is 0 Å². The average molecular weight is 423 g/mol. The highest BCUT2D eigenvalue weighted by atomic mass is 32.3. The Morgan fingerprint density at radius 1 is 0.852 bits per heavy atom. The molecule has 0 aromatic carbocycles. The van der Waals surface area contributed by atoms with Crippen molar-refractivity contribution in [3.8, 4) is 0 Å². The maximum Gasteiger partial charge on any atom is 0.556 e. The van der Waals surface area contributed by atoms with E-state index in [1.165, 1.54) is 0 Å². The molecule has 10 atom stereocenters. The molecule has 0 amide bonds. The van der Waals surface area contributed by atoms with E-state index < -0.39 is 85.0 Å². The van der Waals surface area contributed by atoms with Gasteiger partial charge in [-0.2, -0.15) is 3.84 Å². The Kier molecular flexibility index (Phi) is 7.47. The lowest BCUT2D eigenvalue weighted by Crippen LogP contribution is -2.64. The smallest absolute Gasteiger partial charge is 0.394 e. The fourth-order valence-electron chi connectivity index (χ4n) is 2.71. The molecule has 0 aromatic heterocycles. The molecular weight excluding hydrogens is 400 g/mol. The van der Waals surface area contributed by atoms with Gasteiger partial charge in [0.2, 0.25) is 0 Å². The van der Waals surface area contributed by atoms with Crippen molar-refractivity contribution in [1.29, 1.82) is 0 Å². The predicted octanol–water partition coefficient (Wildman–Crippen LogP) is -5.28. The normalized spacial score (nSPS) is 46.3. The molecule has 0 saturated carbocycles. The Balaban J connectivity index is 2.15. The van der Waals surface area contributed by atoms with Crippen molar-refractivity contribution in [3.05, 3.63) is 0 Å². The SMILES string of the molecule is O=S(O)(O)=[O+]C[C@H]1O[C@@H](O)[C@H](O)[C@@H](O[C@@H]2O[C@H](CO)[C@H](O)[C@H](O)[C@H]2O)[C@H]1O. The molecule has 27 heavy (non-hydrogen) atoms. The van der Waals surface area contributed by atoms with E-state index in [-0.39, 0.29) is 0 Å². The fourth-order valence-corrected chi connectivity index (χ4v) is 3.02. The molecule has 2 aliphatic rings. The monoisotopic (exact) mass is 423 g/mol. The molecule has 2 aliphatic heterocycles. The summed E-state index contributed by atoms with van der Waals surface area (Å²) in [4.78, 5) is 0. The van der Waals surface area contributed by atoms with Gasteiger partial charge in [0.05, 0.1) is 6.61 Å². The lowest BCUT2D eigenvalue weighted by molar-refractivity contribution is -0.357. The minimum absolute atomic E-state index is 0.746. The summed E-state index contributed by atoms with van der Waals surface area (Å²) in [7, 11) is -4.63. The van der Waals surface area contributed by atoms with Crippen molar-refractivity contribution in [2.75, 3.05) is 13.2 Å². The van der Waals surface area contributed by atoms with Crippen molar-refractivity contribution >= 4 is 10.4 Å². The fraction of sp³-hybridized carbons (Fsp3) is 1.00. The summed E-state index contributed by atoms with van der Waals surface area (Å²) in [6.07, 6.45) is -17.2. The van der Waals surface area contributed by atoms with Crippen LogP contribution in [0, 0.1) is 0 Å². The van der Waals surface area contributed by atoms with Crippen LogP contribution in [0.15, 0.2) is 0 Å². The molecular formula is C12H23O14S+. The van der Waals surface area contributed by atoms with Gasteiger partial charge in [-0.1, -0.05) is 0 Å². The molecule has 2 saturated heterocycles. The number of hydrogen-bond donors (Lipinski definition) is 9. The second-order valence-electron chi connectivity index (χ2n) is 6.08. The minimum Gasteiger partial charge on any atom is -0.394 e. The van der Waals surface area contributed by atoms with Gasteiger partial charge in [0.1, 0.15) is 42.7 Å². The van der Waals surface area contributed by atoms with E-state index >= 15 is 0 Å². The van der Waals surface area contributed by atoms with Gasteiger partial charge < -0.3 is 50.0 Å². The summed E-state index contributed by atoms with van der Waals surface area (Å²) in [5.41, 5.74) is 0. The Morgan fingerprint density at radius 2 is 1.48 bits per heavy atom. The molecule has 2 rings (SSSR count). The van der Waals surface area contributed by atoms with Gasteiger partial charge >= 0.3 is 17.0 Å². The number of rotatable bonds is 5. The van der Waals surface area contributed by atoms with Gasteiger partial charge in [0.25, 0.3) is 0 Å². The molecule has 0 radical (unpaired) electrons. The van der Waals surface area contributed by atoms with Crippen LogP contribution < -0.4 is 0 Å². The molecule has 0 unspecified atom stereocenters. The number of aliphatic hydroxyl groups excluding tert-OH is 7.